The third kappa shape index (κ3) is 8.58. The molecule has 250 valence electrons. The number of rotatable bonds is 7. The molecule has 0 bridgehead atoms. The minimum absolute atomic E-state index is 0.0965. The van der Waals surface area contributed by atoms with Crippen molar-refractivity contribution >= 4 is 33.8 Å². The van der Waals surface area contributed by atoms with Crippen LogP contribution in [0.2, 0.25) is 0 Å². The number of likely N-dealkylation sites (tertiary alicyclic amines) is 1. The maximum absolute atomic E-state index is 14.5. The molecule has 1 aromatic carbocycles. The fourth-order valence-corrected chi connectivity index (χ4v) is 5.84. The maximum atomic E-state index is 14.5. The number of ether oxygens (including phenoxy) is 2. The zero-order valence-electron chi connectivity index (χ0n) is 25.1. The fraction of sp³-hybridized carbons (Fsp3) is 0.536. The Morgan fingerprint density at radius 1 is 1.11 bits per heavy atom. The van der Waals surface area contributed by atoms with E-state index in [1.54, 1.807) is 20.8 Å². The number of nitrogens with one attached hydrogen (secondary N) is 1. The Morgan fingerprint density at radius 2 is 1.73 bits per heavy atom. The molecule has 0 saturated carbocycles. The third-order valence-electron chi connectivity index (χ3n) is 7.17. The molecule has 17 heteroatoms. The zero-order valence-corrected chi connectivity index (χ0v) is 25.9. The van der Waals surface area contributed by atoms with Crippen LogP contribution in [0, 0.1) is 0 Å². The molecule has 3 atom stereocenters. The molecule has 11 nitrogen and oxygen atoms in total. The number of hydrogen-bond donors (Lipinski definition) is 2. The van der Waals surface area contributed by atoms with E-state index in [0.29, 0.717) is 38.2 Å². The second-order valence-electron chi connectivity index (χ2n) is 12.4. The molecule has 2 aliphatic rings. The minimum Gasteiger partial charge on any atom is -0.444 e. The second-order valence-corrected chi connectivity index (χ2v) is 14.8. The van der Waals surface area contributed by atoms with Crippen molar-refractivity contribution in [1.29, 1.82) is 0 Å². The van der Waals surface area contributed by atoms with Gasteiger partial charge in [-0.3, -0.25) is 29.4 Å². The van der Waals surface area contributed by atoms with Crippen molar-refractivity contribution in [2.45, 2.75) is 81.2 Å². The van der Waals surface area contributed by atoms with Crippen molar-refractivity contribution in [2.75, 3.05) is 24.7 Å². The number of amides is 3. The molecule has 3 heterocycles. The summed E-state index contributed by atoms with van der Waals surface area (Å²) in [6.45, 7) is 6.50. The minimum atomic E-state index is -10.1. The number of nitrogens with zero attached hydrogens (tertiary/aromatic N) is 4. The molecule has 45 heavy (non-hydrogen) atoms. The normalized spacial score (nSPS) is 23.4. The number of aliphatic hydroxyl groups is 1. The summed E-state index contributed by atoms with van der Waals surface area (Å²) in [5.41, 5.74) is -3.06. The Morgan fingerprint density at radius 3 is 2.27 bits per heavy atom. The molecule has 2 fully saturated rings. The quantitative estimate of drug-likeness (QED) is 0.383. The van der Waals surface area contributed by atoms with Crippen molar-refractivity contribution in [2.24, 2.45) is 0 Å². The number of halogens is 5. The number of carbonyl (C=O) groups excluding carboxylic acids is 3. The molecule has 4 rings (SSSR count). The van der Waals surface area contributed by atoms with Gasteiger partial charge < -0.3 is 19.9 Å². The van der Waals surface area contributed by atoms with Gasteiger partial charge in [-0.05, 0) is 64.8 Å². The van der Waals surface area contributed by atoms with Gasteiger partial charge in [-0.25, -0.2) is 4.79 Å². The van der Waals surface area contributed by atoms with E-state index in [-0.39, 0.29) is 42.5 Å². The molecular formula is C28H36F5N5O6S. The van der Waals surface area contributed by atoms with Gasteiger partial charge in [0.15, 0.2) is 6.04 Å². The average molecular weight is 666 g/mol. The number of aromatic nitrogens is 2. The molecule has 0 aliphatic carbocycles. The highest BCUT2D eigenvalue weighted by molar-refractivity contribution is 8.45. The summed E-state index contributed by atoms with van der Waals surface area (Å²) in [6, 6.07) is -2.01. The maximum Gasteiger partial charge on any atom is 0.411 e. The van der Waals surface area contributed by atoms with Gasteiger partial charge in [0.1, 0.15) is 16.5 Å². The molecule has 1 unspecified atom stereocenters. The van der Waals surface area contributed by atoms with E-state index in [9.17, 15) is 38.9 Å². The van der Waals surface area contributed by atoms with E-state index < -0.39 is 56.3 Å². The van der Waals surface area contributed by atoms with Gasteiger partial charge in [0.05, 0.1) is 24.0 Å². The topological polar surface area (TPSA) is 134 Å². The number of anilines is 1. The van der Waals surface area contributed by atoms with Crippen molar-refractivity contribution in [1.82, 2.24) is 20.2 Å². The fourth-order valence-electron chi connectivity index (χ4n) is 5.19. The Labute approximate surface area is 256 Å². The first kappa shape index (κ1) is 34.3. The molecule has 2 aromatic rings. The lowest BCUT2D eigenvalue weighted by atomic mass is 10.0. The summed E-state index contributed by atoms with van der Waals surface area (Å²) >= 11 is 0. The summed E-state index contributed by atoms with van der Waals surface area (Å²) in [7, 11) is -10.1. The highest BCUT2D eigenvalue weighted by Gasteiger charge is 2.65. The van der Waals surface area contributed by atoms with Crippen LogP contribution >= 0.6 is 10.2 Å². The van der Waals surface area contributed by atoms with Crippen LogP contribution in [0.1, 0.15) is 58.7 Å². The third-order valence-corrected chi connectivity index (χ3v) is 8.33. The lowest BCUT2D eigenvalue weighted by Crippen LogP contribution is -2.54. The largest absolute Gasteiger partial charge is 0.444 e. The summed E-state index contributed by atoms with van der Waals surface area (Å²) in [5, 5.41) is 13.7. The van der Waals surface area contributed by atoms with Crippen LogP contribution in [0.5, 0.6) is 0 Å². The molecule has 2 saturated heterocycles. The van der Waals surface area contributed by atoms with Gasteiger partial charge in [0.25, 0.3) is 5.91 Å². The standard InChI is InChI=1S/C28H36F5N5O6S/c1-27(2,3)44-26(41)37-17-28(4,42)15-22(37)25(40)38(19-5-7-20(8-6-19)45(29,30,31,32)33)23(21-16-34-11-12-35-21)24(39)36-18-9-13-43-14-10-18/h5-8,11-12,16,18,22-23,42H,9-10,13-15,17H2,1-4H3,(H,36,39)/t22-,23?,28-/m1/s1. The Bertz CT molecular complexity index is 1420. The smallest absolute Gasteiger partial charge is 0.411 e. The molecule has 3 amide bonds. The van der Waals surface area contributed by atoms with Crippen LogP contribution in [0.3, 0.4) is 0 Å². The first-order valence-electron chi connectivity index (χ1n) is 14.1. The lowest BCUT2D eigenvalue weighted by molar-refractivity contribution is -0.129. The van der Waals surface area contributed by atoms with Gasteiger partial charge in [-0.15, -0.1) is 0 Å². The average Bonchev–Trinajstić information content (AvgIpc) is 3.26. The molecule has 1 aromatic heterocycles. The Hall–Kier alpha value is -3.57. The summed E-state index contributed by atoms with van der Waals surface area (Å²) in [4.78, 5) is 49.3. The van der Waals surface area contributed by atoms with Gasteiger partial charge in [-0.2, -0.15) is 0 Å². The van der Waals surface area contributed by atoms with Crippen molar-refractivity contribution in [3.8, 4) is 0 Å². The summed E-state index contributed by atoms with van der Waals surface area (Å²) in [6.07, 6.45) is 3.28. The number of hydrogen-bond acceptors (Lipinski definition) is 8. The van der Waals surface area contributed by atoms with Crippen LogP contribution in [0.25, 0.3) is 0 Å². The zero-order chi connectivity index (χ0) is 33.5. The molecule has 0 spiro atoms. The van der Waals surface area contributed by atoms with Crippen LogP contribution in [-0.4, -0.2) is 80.9 Å². The van der Waals surface area contributed by atoms with Crippen LogP contribution < -0.4 is 10.2 Å². The highest BCUT2D eigenvalue weighted by Crippen LogP contribution is 3.02. The predicted molar refractivity (Wildman–Crippen MR) is 154 cm³/mol. The van der Waals surface area contributed by atoms with Gasteiger partial charge >= 0.3 is 16.3 Å². The van der Waals surface area contributed by atoms with E-state index >= 15 is 0 Å². The van der Waals surface area contributed by atoms with Crippen molar-refractivity contribution in [3.05, 3.63) is 48.5 Å². The first-order chi connectivity index (χ1) is 20.5. The van der Waals surface area contributed by atoms with Crippen LogP contribution in [0.15, 0.2) is 47.8 Å². The van der Waals surface area contributed by atoms with E-state index in [0.717, 1.165) is 9.80 Å². The van der Waals surface area contributed by atoms with Crippen LogP contribution in [0.4, 0.5) is 29.9 Å². The summed E-state index contributed by atoms with van der Waals surface area (Å²) in [5.74, 6) is -1.79. The van der Waals surface area contributed by atoms with E-state index in [1.165, 1.54) is 25.5 Å². The molecule has 0 radical (unpaired) electrons. The van der Waals surface area contributed by atoms with Gasteiger partial charge in [0.2, 0.25) is 5.91 Å². The van der Waals surface area contributed by atoms with Gasteiger partial charge in [-0.1, -0.05) is 19.4 Å². The van der Waals surface area contributed by atoms with E-state index in [4.69, 9.17) is 9.47 Å². The molecule has 2 N–H and O–H groups in total. The van der Waals surface area contributed by atoms with E-state index in [1.807, 2.05) is 0 Å². The van der Waals surface area contributed by atoms with Crippen molar-refractivity contribution in [3.63, 3.8) is 0 Å². The molecule has 2 aliphatic heterocycles. The number of benzene rings is 1. The number of β-amino-alcohol motifs (C(OH)–C–C–N with tert-alkyl or cyclic N) is 1. The molecular weight excluding hydrogens is 629 g/mol. The SMILES string of the molecule is CC(C)(C)OC(=O)N1C[C@](C)(O)C[C@@H]1C(=O)N(c1ccc(S(F)(F)(F)(F)F)cc1)C(C(=O)NC1CCOCC1)c1cnccn1. The highest BCUT2D eigenvalue weighted by atomic mass is 32.5. The lowest BCUT2D eigenvalue weighted by Gasteiger charge is -2.41. The number of carbonyl (C=O) groups is 3. The Balaban J connectivity index is 1.85. The predicted octanol–water partition coefficient (Wildman–Crippen LogP) is 5.26. The summed E-state index contributed by atoms with van der Waals surface area (Å²) < 4.78 is 78.8. The van der Waals surface area contributed by atoms with Crippen molar-refractivity contribution < 1.29 is 48.4 Å². The first-order valence-corrected chi connectivity index (χ1v) is 16.0. The monoisotopic (exact) mass is 665 g/mol. The van der Waals surface area contributed by atoms with Gasteiger partial charge in [0, 0.05) is 43.8 Å². The van der Waals surface area contributed by atoms with E-state index in [2.05, 4.69) is 15.3 Å². The Kier molecular flexibility index (Phi) is 8.65. The van der Waals surface area contributed by atoms with Crippen LogP contribution in [-0.2, 0) is 19.1 Å². The second kappa shape index (κ2) is 11.3.